The van der Waals surface area contributed by atoms with Crippen LogP contribution in [0.3, 0.4) is 0 Å². The summed E-state index contributed by atoms with van der Waals surface area (Å²) in [5, 5.41) is 5.81. The second kappa shape index (κ2) is 10.7. The fourth-order valence-electron chi connectivity index (χ4n) is 2.58. The standard InChI is InChI=1S/C21H27N3O3S/c1-15(21(26)22-13-16-9-11-17(27-3)12-10-16)24(2)14-20(25)23-18-7-5-6-8-19(18)28-4/h5-12,15H,13-14H2,1-4H3,(H,22,26)(H,23,25)/t15-/m0/s1. The summed E-state index contributed by atoms with van der Waals surface area (Å²) in [6.07, 6.45) is 1.96. The number of rotatable bonds is 9. The van der Waals surface area contributed by atoms with E-state index in [9.17, 15) is 9.59 Å². The lowest BCUT2D eigenvalue weighted by Crippen LogP contribution is -2.45. The number of nitrogens with one attached hydrogen (secondary N) is 2. The van der Waals surface area contributed by atoms with Gasteiger partial charge in [0.25, 0.3) is 0 Å². The number of hydrogen-bond acceptors (Lipinski definition) is 5. The average molecular weight is 402 g/mol. The highest BCUT2D eigenvalue weighted by Crippen LogP contribution is 2.24. The lowest BCUT2D eigenvalue weighted by molar-refractivity contribution is -0.126. The van der Waals surface area contributed by atoms with Crippen LogP contribution in [-0.2, 0) is 16.1 Å². The summed E-state index contributed by atoms with van der Waals surface area (Å²) in [6.45, 7) is 2.33. The molecule has 0 spiro atoms. The molecule has 2 aromatic rings. The number of anilines is 1. The van der Waals surface area contributed by atoms with Crippen LogP contribution in [0, 0.1) is 0 Å². The third-order valence-corrected chi connectivity index (χ3v) is 5.24. The Bertz CT molecular complexity index is 796. The van der Waals surface area contributed by atoms with E-state index in [1.165, 1.54) is 0 Å². The number of carbonyl (C=O) groups excluding carboxylic acids is 2. The second-order valence-electron chi connectivity index (χ2n) is 6.41. The van der Waals surface area contributed by atoms with E-state index in [1.807, 2.05) is 54.8 Å². The number of ether oxygens (including phenoxy) is 1. The van der Waals surface area contributed by atoms with E-state index in [0.29, 0.717) is 6.54 Å². The van der Waals surface area contributed by atoms with Gasteiger partial charge in [-0.15, -0.1) is 11.8 Å². The predicted octanol–water partition coefficient (Wildman–Crippen LogP) is 2.99. The van der Waals surface area contributed by atoms with Crippen LogP contribution in [-0.4, -0.2) is 49.7 Å². The maximum Gasteiger partial charge on any atom is 0.238 e. The van der Waals surface area contributed by atoms with E-state index in [0.717, 1.165) is 21.9 Å². The first-order valence-corrected chi connectivity index (χ1v) is 10.2. The zero-order chi connectivity index (χ0) is 20.5. The number of nitrogens with zero attached hydrogens (tertiary/aromatic N) is 1. The summed E-state index contributed by atoms with van der Waals surface area (Å²) in [4.78, 5) is 27.5. The van der Waals surface area contributed by atoms with Crippen LogP contribution in [0.2, 0.25) is 0 Å². The molecule has 2 N–H and O–H groups in total. The van der Waals surface area contributed by atoms with Crippen molar-refractivity contribution in [3.8, 4) is 5.75 Å². The third kappa shape index (κ3) is 6.28. The molecule has 2 aromatic carbocycles. The molecule has 28 heavy (non-hydrogen) atoms. The molecule has 6 nitrogen and oxygen atoms in total. The number of likely N-dealkylation sites (N-methyl/N-ethyl adjacent to an activating group) is 1. The number of para-hydroxylation sites is 1. The van der Waals surface area contributed by atoms with Crippen LogP contribution in [0.1, 0.15) is 12.5 Å². The molecule has 1 atom stereocenters. The molecule has 0 unspecified atom stereocenters. The number of amides is 2. The summed E-state index contributed by atoms with van der Waals surface area (Å²) < 4.78 is 5.13. The highest BCUT2D eigenvalue weighted by atomic mass is 32.2. The molecule has 0 heterocycles. The highest BCUT2D eigenvalue weighted by Gasteiger charge is 2.20. The van der Waals surface area contributed by atoms with Crippen molar-refractivity contribution in [2.45, 2.75) is 24.4 Å². The third-order valence-electron chi connectivity index (χ3n) is 4.44. The Morgan fingerprint density at radius 2 is 1.82 bits per heavy atom. The molecule has 0 aliphatic rings. The zero-order valence-electron chi connectivity index (χ0n) is 16.7. The van der Waals surface area contributed by atoms with Crippen LogP contribution in [0.5, 0.6) is 5.75 Å². The van der Waals surface area contributed by atoms with E-state index < -0.39 is 6.04 Å². The van der Waals surface area contributed by atoms with Gasteiger partial charge in [0.1, 0.15) is 5.75 Å². The van der Waals surface area contributed by atoms with Crippen molar-refractivity contribution in [1.29, 1.82) is 0 Å². The van der Waals surface area contributed by atoms with E-state index in [4.69, 9.17) is 4.74 Å². The van der Waals surface area contributed by atoms with Crippen molar-refractivity contribution in [2.24, 2.45) is 0 Å². The normalized spacial score (nSPS) is 11.8. The molecule has 150 valence electrons. The smallest absolute Gasteiger partial charge is 0.238 e. The van der Waals surface area contributed by atoms with Gasteiger partial charge in [0.2, 0.25) is 11.8 Å². The summed E-state index contributed by atoms with van der Waals surface area (Å²) in [5.41, 5.74) is 1.76. The molecule has 0 radical (unpaired) electrons. The quantitative estimate of drug-likeness (QED) is 0.632. The van der Waals surface area contributed by atoms with E-state index in [-0.39, 0.29) is 18.4 Å². The van der Waals surface area contributed by atoms with Crippen molar-refractivity contribution < 1.29 is 14.3 Å². The highest BCUT2D eigenvalue weighted by molar-refractivity contribution is 7.98. The molecule has 0 aromatic heterocycles. The zero-order valence-corrected chi connectivity index (χ0v) is 17.5. The molecule has 0 bridgehead atoms. The van der Waals surface area contributed by atoms with Crippen LogP contribution in [0.15, 0.2) is 53.4 Å². The Hall–Kier alpha value is -2.51. The maximum absolute atomic E-state index is 12.4. The molecule has 7 heteroatoms. The summed E-state index contributed by atoms with van der Waals surface area (Å²) >= 11 is 1.57. The fourth-order valence-corrected chi connectivity index (χ4v) is 3.14. The lowest BCUT2D eigenvalue weighted by Gasteiger charge is -2.23. The molecule has 2 rings (SSSR count). The van der Waals surface area contributed by atoms with Gasteiger partial charge in [-0.3, -0.25) is 14.5 Å². The number of carbonyl (C=O) groups is 2. The van der Waals surface area contributed by atoms with Gasteiger partial charge in [-0.2, -0.15) is 0 Å². The van der Waals surface area contributed by atoms with E-state index >= 15 is 0 Å². The largest absolute Gasteiger partial charge is 0.497 e. The van der Waals surface area contributed by atoms with Gasteiger partial charge in [0, 0.05) is 11.4 Å². The van der Waals surface area contributed by atoms with Crippen molar-refractivity contribution in [2.75, 3.05) is 32.3 Å². The Morgan fingerprint density at radius 3 is 2.46 bits per heavy atom. The minimum atomic E-state index is -0.431. The van der Waals surface area contributed by atoms with Crippen LogP contribution in [0.4, 0.5) is 5.69 Å². The Morgan fingerprint density at radius 1 is 1.14 bits per heavy atom. The van der Waals surface area contributed by atoms with Gasteiger partial charge in [-0.25, -0.2) is 0 Å². The maximum atomic E-state index is 12.4. The molecular weight excluding hydrogens is 374 g/mol. The van der Waals surface area contributed by atoms with Crippen molar-refractivity contribution in [3.05, 3.63) is 54.1 Å². The number of hydrogen-bond donors (Lipinski definition) is 2. The first-order chi connectivity index (χ1) is 13.4. The minimum Gasteiger partial charge on any atom is -0.497 e. The fraction of sp³-hybridized carbons (Fsp3) is 0.333. The molecule has 0 aliphatic heterocycles. The topological polar surface area (TPSA) is 70.7 Å². The van der Waals surface area contributed by atoms with Crippen molar-refractivity contribution in [3.63, 3.8) is 0 Å². The molecule has 0 aliphatic carbocycles. The molecule has 0 saturated carbocycles. The van der Waals surface area contributed by atoms with Gasteiger partial charge < -0.3 is 15.4 Å². The van der Waals surface area contributed by atoms with Crippen LogP contribution >= 0.6 is 11.8 Å². The van der Waals surface area contributed by atoms with Crippen molar-refractivity contribution >= 4 is 29.3 Å². The molecular formula is C21H27N3O3S. The van der Waals surface area contributed by atoms with E-state index in [2.05, 4.69) is 10.6 Å². The van der Waals surface area contributed by atoms with Gasteiger partial charge in [-0.1, -0.05) is 24.3 Å². The minimum absolute atomic E-state index is 0.125. The van der Waals surface area contributed by atoms with Gasteiger partial charge >= 0.3 is 0 Å². The van der Waals surface area contributed by atoms with Gasteiger partial charge in [0.15, 0.2) is 0 Å². The number of thioether (sulfide) groups is 1. The second-order valence-corrected chi connectivity index (χ2v) is 7.25. The first-order valence-electron chi connectivity index (χ1n) is 8.98. The summed E-state index contributed by atoms with van der Waals surface area (Å²) in [5.74, 6) is 0.492. The number of benzene rings is 2. The lowest BCUT2D eigenvalue weighted by atomic mass is 10.2. The predicted molar refractivity (Wildman–Crippen MR) is 114 cm³/mol. The summed E-state index contributed by atoms with van der Waals surface area (Å²) in [7, 11) is 3.38. The molecule has 0 saturated heterocycles. The van der Waals surface area contributed by atoms with Crippen LogP contribution in [0.25, 0.3) is 0 Å². The summed E-state index contributed by atoms with van der Waals surface area (Å²) in [6, 6.07) is 14.7. The van der Waals surface area contributed by atoms with Crippen LogP contribution < -0.4 is 15.4 Å². The Balaban J connectivity index is 1.83. The Labute approximate surface area is 170 Å². The first kappa shape index (κ1) is 21.8. The average Bonchev–Trinajstić information content (AvgIpc) is 2.72. The van der Waals surface area contributed by atoms with Gasteiger partial charge in [-0.05, 0) is 50.1 Å². The van der Waals surface area contributed by atoms with Crippen molar-refractivity contribution in [1.82, 2.24) is 10.2 Å². The van der Waals surface area contributed by atoms with Gasteiger partial charge in [0.05, 0.1) is 25.4 Å². The molecule has 2 amide bonds. The van der Waals surface area contributed by atoms with E-state index in [1.54, 1.807) is 37.7 Å². The number of methoxy groups -OCH3 is 1. The monoisotopic (exact) mass is 401 g/mol. The molecule has 0 fully saturated rings. The SMILES string of the molecule is COc1ccc(CNC(=O)[C@H](C)N(C)CC(=O)Nc2ccccc2SC)cc1. The Kier molecular flexibility index (Phi) is 8.35.